The van der Waals surface area contributed by atoms with Crippen LogP contribution < -0.4 is 5.32 Å². The highest BCUT2D eigenvalue weighted by atomic mass is 32.1. The van der Waals surface area contributed by atoms with Crippen molar-refractivity contribution >= 4 is 11.3 Å². The van der Waals surface area contributed by atoms with E-state index in [-0.39, 0.29) is 5.92 Å². The molecule has 1 aromatic rings. The lowest BCUT2D eigenvalue weighted by Crippen LogP contribution is -2.26. The molecule has 1 atom stereocenters. The van der Waals surface area contributed by atoms with Crippen molar-refractivity contribution in [2.45, 2.75) is 50.2 Å². The van der Waals surface area contributed by atoms with Crippen LogP contribution in [0.15, 0.2) is 0 Å². The predicted octanol–water partition coefficient (Wildman–Crippen LogP) is 3.33. The molecule has 0 spiro atoms. The molecular weight excluding hydrogens is 261 g/mol. The Bertz CT molecular complexity index is 437. The fraction of sp³-hybridized carbons (Fsp3) is 0.750. The molecule has 1 heterocycles. The van der Waals surface area contributed by atoms with Crippen molar-refractivity contribution in [2.75, 3.05) is 6.54 Å². The van der Waals surface area contributed by atoms with Crippen molar-refractivity contribution < 1.29 is 13.2 Å². The molecule has 18 heavy (non-hydrogen) atoms. The first-order valence-corrected chi connectivity index (χ1v) is 7.16. The smallest absolute Gasteiger partial charge is 0.313 e. The molecular formula is C12H15F3N2S. The van der Waals surface area contributed by atoms with E-state index >= 15 is 0 Å². The van der Waals surface area contributed by atoms with Gasteiger partial charge in [0.05, 0.1) is 5.69 Å². The minimum absolute atomic E-state index is 0.168. The van der Waals surface area contributed by atoms with Crippen LogP contribution in [0.3, 0.4) is 0 Å². The van der Waals surface area contributed by atoms with Crippen LogP contribution in [0.4, 0.5) is 13.2 Å². The topological polar surface area (TPSA) is 24.9 Å². The van der Waals surface area contributed by atoms with Gasteiger partial charge in [0.2, 0.25) is 0 Å². The van der Waals surface area contributed by atoms with Gasteiger partial charge >= 0.3 is 6.18 Å². The van der Waals surface area contributed by atoms with E-state index in [0.717, 1.165) is 42.0 Å². The van der Waals surface area contributed by atoms with Gasteiger partial charge in [-0.25, -0.2) is 4.98 Å². The summed E-state index contributed by atoms with van der Waals surface area (Å²) in [6.07, 6.45) is 0.783. The molecule has 0 radical (unpaired) electrons. The average molecular weight is 276 g/mol. The summed E-state index contributed by atoms with van der Waals surface area (Å²) >= 11 is 0.832. The number of hydrogen-bond acceptors (Lipinski definition) is 3. The summed E-state index contributed by atoms with van der Waals surface area (Å²) in [5, 5.41) is 2.72. The van der Waals surface area contributed by atoms with Crippen molar-refractivity contribution in [3.8, 4) is 0 Å². The highest BCUT2D eigenvalue weighted by Gasteiger charge is 2.38. The zero-order valence-corrected chi connectivity index (χ0v) is 10.7. The van der Waals surface area contributed by atoms with Crippen molar-refractivity contribution in [3.05, 3.63) is 15.6 Å². The lowest BCUT2D eigenvalue weighted by Gasteiger charge is -2.21. The number of aryl methyl sites for hydroxylation is 1. The molecule has 1 saturated carbocycles. The number of alkyl halides is 3. The Labute approximate surface area is 108 Å². The van der Waals surface area contributed by atoms with Gasteiger partial charge in [-0.15, -0.1) is 11.3 Å². The summed E-state index contributed by atoms with van der Waals surface area (Å²) in [5.41, 5.74) is 0.701. The number of rotatable bonds is 3. The van der Waals surface area contributed by atoms with Crippen LogP contribution in [-0.4, -0.2) is 17.6 Å². The Morgan fingerprint density at radius 3 is 2.72 bits per heavy atom. The van der Waals surface area contributed by atoms with E-state index in [0.29, 0.717) is 11.7 Å². The van der Waals surface area contributed by atoms with Crippen LogP contribution in [0.25, 0.3) is 0 Å². The number of nitrogens with one attached hydrogen (secondary N) is 1. The molecule has 2 aliphatic rings. The zero-order valence-electron chi connectivity index (χ0n) is 9.89. The molecule has 2 nitrogen and oxygen atoms in total. The van der Waals surface area contributed by atoms with Gasteiger partial charge in [-0.05, 0) is 32.1 Å². The van der Waals surface area contributed by atoms with Gasteiger partial charge < -0.3 is 5.32 Å². The Morgan fingerprint density at radius 2 is 2.06 bits per heavy atom. The third-order valence-corrected chi connectivity index (χ3v) is 4.72. The number of thiazole rings is 1. The van der Waals surface area contributed by atoms with Crippen molar-refractivity contribution in [1.82, 2.24) is 10.3 Å². The first-order chi connectivity index (χ1) is 8.54. The highest BCUT2D eigenvalue weighted by molar-refractivity contribution is 7.11. The van der Waals surface area contributed by atoms with Crippen LogP contribution in [0, 0.1) is 0 Å². The zero-order chi connectivity index (χ0) is 12.8. The SMILES string of the molecule is FC(F)(F)c1nc2c(s1)CCCC2CNC1CC1. The molecule has 1 N–H and O–H groups in total. The quantitative estimate of drug-likeness (QED) is 0.916. The normalized spacial score (nSPS) is 24.1. The van der Waals surface area contributed by atoms with E-state index in [1.165, 1.54) is 12.8 Å². The number of aromatic nitrogens is 1. The summed E-state index contributed by atoms with van der Waals surface area (Å²) in [6, 6.07) is 0.594. The van der Waals surface area contributed by atoms with Gasteiger partial charge in [-0.3, -0.25) is 0 Å². The Kier molecular flexibility index (Phi) is 3.10. The van der Waals surface area contributed by atoms with Crippen molar-refractivity contribution in [2.24, 2.45) is 0 Å². The summed E-state index contributed by atoms with van der Waals surface area (Å²) in [5.74, 6) is 0.168. The summed E-state index contributed by atoms with van der Waals surface area (Å²) in [6.45, 7) is 0.776. The Balaban J connectivity index is 1.78. The highest BCUT2D eigenvalue weighted by Crippen LogP contribution is 2.40. The predicted molar refractivity (Wildman–Crippen MR) is 63.8 cm³/mol. The monoisotopic (exact) mass is 276 g/mol. The summed E-state index contributed by atoms with van der Waals surface area (Å²) in [7, 11) is 0. The maximum Gasteiger partial charge on any atom is 0.443 e. The standard InChI is InChI=1S/C12H15F3N2S/c13-12(14,15)11-17-10-7(6-16-8-4-5-8)2-1-3-9(10)18-11/h7-8,16H,1-6H2. The van der Waals surface area contributed by atoms with E-state index in [1.54, 1.807) is 0 Å². The number of nitrogens with zero attached hydrogens (tertiary/aromatic N) is 1. The molecule has 0 aliphatic heterocycles. The molecule has 100 valence electrons. The molecule has 1 aromatic heterocycles. The third-order valence-electron chi connectivity index (χ3n) is 3.54. The molecule has 1 fully saturated rings. The summed E-state index contributed by atoms with van der Waals surface area (Å²) < 4.78 is 38.0. The van der Waals surface area contributed by atoms with Gasteiger partial charge in [-0.1, -0.05) is 0 Å². The molecule has 6 heteroatoms. The largest absolute Gasteiger partial charge is 0.443 e. The molecule has 0 saturated heterocycles. The van der Waals surface area contributed by atoms with E-state index in [9.17, 15) is 13.2 Å². The maximum atomic E-state index is 12.7. The fourth-order valence-corrected chi connectivity index (χ4v) is 3.48. The molecule has 1 unspecified atom stereocenters. The van der Waals surface area contributed by atoms with E-state index in [4.69, 9.17) is 0 Å². The number of hydrogen-bond donors (Lipinski definition) is 1. The van der Waals surface area contributed by atoms with Gasteiger partial charge in [0.15, 0.2) is 5.01 Å². The minimum Gasteiger partial charge on any atom is -0.313 e. The van der Waals surface area contributed by atoms with Crippen LogP contribution in [0.1, 0.15) is 47.2 Å². The number of halogens is 3. The van der Waals surface area contributed by atoms with Crippen LogP contribution in [0.2, 0.25) is 0 Å². The van der Waals surface area contributed by atoms with E-state index in [1.807, 2.05) is 0 Å². The Hall–Kier alpha value is -0.620. The summed E-state index contributed by atoms with van der Waals surface area (Å²) in [4.78, 5) is 4.70. The van der Waals surface area contributed by atoms with Crippen molar-refractivity contribution in [1.29, 1.82) is 0 Å². The van der Waals surface area contributed by atoms with Crippen molar-refractivity contribution in [3.63, 3.8) is 0 Å². The molecule has 0 amide bonds. The third kappa shape index (κ3) is 2.54. The van der Waals surface area contributed by atoms with E-state index < -0.39 is 11.2 Å². The lowest BCUT2D eigenvalue weighted by atomic mass is 9.91. The van der Waals surface area contributed by atoms with Crippen LogP contribution in [0.5, 0.6) is 0 Å². The second-order valence-electron chi connectivity index (χ2n) is 5.10. The first-order valence-electron chi connectivity index (χ1n) is 6.34. The van der Waals surface area contributed by atoms with Gasteiger partial charge in [-0.2, -0.15) is 13.2 Å². The van der Waals surface area contributed by atoms with Crippen LogP contribution >= 0.6 is 11.3 Å². The second-order valence-corrected chi connectivity index (χ2v) is 6.18. The molecule has 0 bridgehead atoms. The second kappa shape index (κ2) is 4.49. The van der Waals surface area contributed by atoms with Crippen LogP contribution in [-0.2, 0) is 12.6 Å². The van der Waals surface area contributed by atoms with Gasteiger partial charge in [0.25, 0.3) is 0 Å². The fourth-order valence-electron chi connectivity index (χ4n) is 2.42. The lowest BCUT2D eigenvalue weighted by molar-refractivity contribution is -0.137. The number of fused-ring (bicyclic) bond motifs is 1. The maximum absolute atomic E-state index is 12.7. The Morgan fingerprint density at radius 1 is 1.28 bits per heavy atom. The molecule has 2 aliphatic carbocycles. The first kappa shape index (κ1) is 12.4. The average Bonchev–Trinajstić information content (AvgIpc) is 3.01. The van der Waals surface area contributed by atoms with Gasteiger partial charge in [0.1, 0.15) is 0 Å². The van der Waals surface area contributed by atoms with E-state index in [2.05, 4.69) is 10.3 Å². The van der Waals surface area contributed by atoms with Gasteiger partial charge in [0, 0.05) is 23.4 Å². The minimum atomic E-state index is -4.30. The molecule has 0 aromatic carbocycles. The molecule has 3 rings (SSSR count).